The minimum atomic E-state index is -0.205. The van der Waals surface area contributed by atoms with Gasteiger partial charge in [-0.15, -0.1) is 0 Å². The summed E-state index contributed by atoms with van der Waals surface area (Å²) in [4.78, 5) is 31.2. The van der Waals surface area contributed by atoms with E-state index in [1.54, 1.807) is 0 Å². The highest BCUT2D eigenvalue weighted by molar-refractivity contribution is 5.89. The van der Waals surface area contributed by atoms with Crippen molar-refractivity contribution in [1.82, 2.24) is 19.3 Å². The molecular formula is C19H30N4O2. The lowest BCUT2D eigenvalue weighted by Gasteiger charge is -2.36. The van der Waals surface area contributed by atoms with Gasteiger partial charge >= 0.3 is 0 Å². The molecule has 2 saturated heterocycles. The smallest absolute Gasteiger partial charge is 0.228 e. The molecule has 0 bridgehead atoms. The molecule has 2 aliphatic heterocycles. The first-order chi connectivity index (χ1) is 11.8. The summed E-state index contributed by atoms with van der Waals surface area (Å²) in [6, 6.07) is 4.08. The van der Waals surface area contributed by atoms with Crippen LogP contribution in [0.1, 0.15) is 27.2 Å². The average molecular weight is 346 g/mol. The lowest BCUT2D eigenvalue weighted by Crippen LogP contribution is -2.51. The molecule has 0 aliphatic carbocycles. The van der Waals surface area contributed by atoms with E-state index in [0.29, 0.717) is 13.0 Å². The van der Waals surface area contributed by atoms with Gasteiger partial charge in [0.2, 0.25) is 11.8 Å². The SMILES string of the molecule is CC(C)(C)N1C[C@@H](C(=O)N2CCN(CCn3cccc3)CC2)CC1=O. The van der Waals surface area contributed by atoms with Gasteiger partial charge in [0, 0.05) is 70.2 Å². The van der Waals surface area contributed by atoms with Crippen molar-refractivity contribution in [2.24, 2.45) is 5.92 Å². The third-order valence-corrected chi connectivity index (χ3v) is 5.31. The highest BCUT2D eigenvalue weighted by atomic mass is 16.2. The van der Waals surface area contributed by atoms with Crippen LogP contribution in [0.3, 0.4) is 0 Å². The zero-order valence-electron chi connectivity index (χ0n) is 15.6. The molecule has 0 saturated carbocycles. The predicted molar refractivity (Wildman–Crippen MR) is 97.0 cm³/mol. The van der Waals surface area contributed by atoms with Crippen LogP contribution >= 0.6 is 0 Å². The molecule has 2 amide bonds. The number of carbonyl (C=O) groups is 2. The third-order valence-electron chi connectivity index (χ3n) is 5.31. The molecule has 1 aromatic heterocycles. The number of amides is 2. The molecule has 6 heteroatoms. The Bertz CT molecular complexity index is 597. The van der Waals surface area contributed by atoms with Gasteiger partial charge < -0.3 is 14.4 Å². The number of piperazine rings is 1. The Balaban J connectivity index is 1.46. The number of nitrogens with zero attached hydrogens (tertiary/aromatic N) is 4. The van der Waals surface area contributed by atoms with Crippen molar-refractivity contribution < 1.29 is 9.59 Å². The van der Waals surface area contributed by atoms with E-state index in [9.17, 15) is 9.59 Å². The van der Waals surface area contributed by atoms with E-state index in [0.717, 1.165) is 39.3 Å². The van der Waals surface area contributed by atoms with Crippen molar-refractivity contribution in [1.29, 1.82) is 0 Å². The molecule has 0 N–H and O–H groups in total. The van der Waals surface area contributed by atoms with E-state index in [1.807, 2.05) is 42.7 Å². The van der Waals surface area contributed by atoms with Crippen LogP contribution in [0.2, 0.25) is 0 Å². The van der Waals surface area contributed by atoms with Gasteiger partial charge in [-0.1, -0.05) is 0 Å². The van der Waals surface area contributed by atoms with Crippen LogP contribution in [0.4, 0.5) is 0 Å². The van der Waals surface area contributed by atoms with Gasteiger partial charge in [-0.2, -0.15) is 0 Å². The van der Waals surface area contributed by atoms with E-state index in [1.165, 1.54) is 0 Å². The van der Waals surface area contributed by atoms with Gasteiger partial charge in [0.25, 0.3) is 0 Å². The van der Waals surface area contributed by atoms with Crippen LogP contribution in [0.25, 0.3) is 0 Å². The van der Waals surface area contributed by atoms with Crippen LogP contribution in [0, 0.1) is 5.92 Å². The lowest BCUT2D eigenvalue weighted by atomic mass is 10.1. The van der Waals surface area contributed by atoms with Gasteiger partial charge in [0.15, 0.2) is 0 Å². The maximum Gasteiger partial charge on any atom is 0.228 e. The van der Waals surface area contributed by atoms with E-state index in [-0.39, 0.29) is 23.3 Å². The standard InChI is InChI=1S/C19H30N4O2/c1-19(2,3)23-15-16(14-17(23)24)18(25)22-12-10-21(11-13-22)9-8-20-6-4-5-7-20/h4-7,16H,8-15H2,1-3H3/t16-/m0/s1. The molecule has 1 atom stereocenters. The maximum absolute atomic E-state index is 12.8. The average Bonchev–Trinajstić information content (AvgIpc) is 3.21. The highest BCUT2D eigenvalue weighted by Gasteiger charge is 2.41. The van der Waals surface area contributed by atoms with Crippen LogP contribution in [-0.2, 0) is 16.1 Å². The lowest BCUT2D eigenvalue weighted by molar-refractivity contribution is -0.137. The molecule has 1 aromatic rings. The van der Waals surface area contributed by atoms with Gasteiger partial charge in [-0.05, 0) is 32.9 Å². The molecular weight excluding hydrogens is 316 g/mol. The number of hydrogen-bond donors (Lipinski definition) is 0. The second kappa shape index (κ2) is 7.20. The summed E-state index contributed by atoms with van der Waals surface area (Å²) in [5.74, 6) is 0.0968. The third kappa shape index (κ3) is 4.24. The second-order valence-electron chi connectivity index (χ2n) is 8.16. The first kappa shape index (κ1) is 18.0. The molecule has 0 spiro atoms. The van der Waals surface area contributed by atoms with Crippen molar-refractivity contribution >= 4 is 11.8 Å². The Kier molecular flexibility index (Phi) is 5.18. The number of hydrogen-bond acceptors (Lipinski definition) is 3. The molecule has 2 fully saturated rings. The normalized spacial score (nSPS) is 22.7. The fraction of sp³-hybridized carbons (Fsp3) is 0.684. The topological polar surface area (TPSA) is 48.8 Å². The molecule has 0 radical (unpaired) electrons. The van der Waals surface area contributed by atoms with Gasteiger partial charge in [0.1, 0.15) is 0 Å². The van der Waals surface area contributed by atoms with E-state index >= 15 is 0 Å². The number of rotatable bonds is 4. The maximum atomic E-state index is 12.8. The largest absolute Gasteiger partial charge is 0.353 e. The summed E-state index contributed by atoms with van der Waals surface area (Å²) in [7, 11) is 0. The first-order valence-corrected chi connectivity index (χ1v) is 9.27. The van der Waals surface area contributed by atoms with Gasteiger partial charge in [-0.3, -0.25) is 14.5 Å². The summed E-state index contributed by atoms with van der Waals surface area (Å²) in [6.45, 7) is 12.0. The fourth-order valence-electron chi connectivity index (χ4n) is 3.75. The van der Waals surface area contributed by atoms with Gasteiger partial charge in [0.05, 0.1) is 5.92 Å². The molecule has 0 aromatic carbocycles. The molecule has 0 unspecified atom stereocenters. The molecule has 25 heavy (non-hydrogen) atoms. The minimum absolute atomic E-state index is 0.108. The molecule has 3 heterocycles. The monoisotopic (exact) mass is 346 g/mol. The Labute approximate surface area is 150 Å². The zero-order valence-corrected chi connectivity index (χ0v) is 15.6. The Morgan fingerprint density at radius 3 is 2.28 bits per heavy atom. The van der Waals surface area contributed by atoms with Crippen molar-refractivity contribution in [3.63, 3.8) is 0 Å². The van der Waals surface area contributed by atoms with E-state index in [4.69, 9.17) is 0 Å². The van der Waals surface area contributed by atoms with Crippen LogP contribution in [-0.4, -0.2) is 75.9 Å². The summed E-state index contributed by atoms with van der Waals surface area (Å²) < 4.78 is 2.18. The summed E-state index contributed by atoms with van der Waals surface area (Å²) in [5.41, 5.74) is -0.205. The molecule has 2 aliphatic rings. The number of aromatic nitrogens is 1. The first-order valence-electron chi connectivity index (χ1n) is 9.27. The van der Waals surface area contributed by atoms with Crippen molar-refractivity contribution in [2.45, 2.75) is 39.3 Å². The predicted octanol–water partition coefficient (Wildman–Crippen LogP) is 1.28. The second-order valence-corrected chi connectivity index (χ2v) is 8.16. The highest BCUT2D eigenvalue weighted by Crippen LogP contribution is 2.27. The summed E-state index contributed by atoms with van der Waals surface area (Å²) in [6.07, 6.45) is 4.53. The molecule has 3 rings (SSSR count). The van der Waals surface area contributed by atoms with Crippen LogP contribution < -0.4 is 0 Å². The molecule has 138 valence electrons. The van der Waals surface area contributed by atoms with E-state index in [2.05, 4.69) is 21.9 Å². The summed E-state index contributed by atoms with van der Waals surface area (Å²) in [5, 5.41) is 0. The van der Waals surface area contributed by atoms with Crippen molar-refractivity contribution in [3.05, 3.63) is 24.5 Å². The Hall–Kier alpha value is -1.82. The number of carbonyl (C=O) groups excluding carboxylic acids is 2. The quantitative estimate of drug-likeness (QED) is 0.825. The van der Waals surface area contributed by atoms with Crippen LogP contribution in [0.15, 0.2) is 24.5 Å². The fourth-order valence-corrected chi connectivity index (χ4v) is 3.75. The van der Waals surface area contributed by atoms with Crippen molar-refractivity contribution in [2.75, 3.05) is 39.3 Å². The summed E-state index contributed by atoms with van der Waals surface area (Å²) >= 11 is 0. The number of likely N-dealkylation sites (tertiary alicyclic amines) is 1. The zero-order chi connectivity index (χ0) is 18.0. The minimum Gasteiger partial charge on any atom is -0.353 e. The van der Waals surface area contributed by atoms with E-state index < -0.39 is 0 Å². The van der Waals surface area contributed by atoms with Crippen molar-refractivity contribution in [3.8, 4) is 0 Å². The Morgan fingerprint density at radius 2 is 1.72 bits per heavy atom. The molecule has 6 nitrogen and oxygen atoms in total. The van der Waals surface area contributed by atoms with Crippen LogP contribution in [0.5, 0.6) is 0 Å². The Morgan fingerprint density at radius 1 is 1.08 bits per heavy atom. The van der Waals surface area contributed by atoms with Gasteiger partial charge in [-0.25, -0.2) is 0 Å².